The van der Waals surface area contributed by atoms with Crippen molar-refractivity contribution in [2.24, 2.45) is 4.99 Å². The average Bonchev–Trinajstić information content (AvgIpc) is 2.54. The smallest absolute Gasteiger partial charge is 0.149 e. The predicted molar refractivity (Wildman–Crippen MR) is 89.1 cm³/mol. The largest absolute Gasteiger partial charge is 0.385 e. The van der Waals surface area contributed by atoms with Crippen molar-refractivity contribution in [1.82, 2.24) is 4.57 Å². The molecule has 5 heteroatoms. The summed E-state index contributed by atoms with van der Waals surface area (Å²) >= 11 is 0. The van der Waals surface area contributed by atoms with Gasteiger partial charge in [-0.3, -0.25) is 4.99 Å². The van der Waals surface area contributed by atoms with Crippen LogP contribution in [0.4, 0.5) is 11.5 Å². The Labute approximate surface area is 130 Å². The highest BCUT2D eigenvalue weighted by Crippen LogP contribution is 2.15. The topological polar surface area (TPSA) is 79.1 Å². The van der Waals surface area contributed by atoms with Crippen LogP contribution >= 0.6 is 0 Å². The molecule has 5 nitrogen and oxygen atoms in total. The van der Waals surface area contributed by atoms with Crippen LogP contribution in [0.1, 0.15) is 25.0 Å². The number of nitrogens with two attached hydrogens (primary N) is 1. The zero-order valence-electron chi connectivity index (χ0n) is 13.0. The van der Waals surface area contributed by atoms with Crippen molar-refractivity contribution in [3.63, 3.8) is 0 Å². The van der Waals surface area contributed by atoms with E-state index in [1.54, 1.807) is 6.07 Å². The molecule has 0 fully saturated rings. The molecule has 1 heterocycles. The molecule has 0 atom stereocenters. The van der Waals surface area contributed by atoms with Crippen molar-refractivity contribution >= 4 is 11.5 Å². The van der Waals surface area contributed by atoms with Gasteiger partial charge in [-0.15, -0.1) is 0 Å². The Kier molecular flexibility index (Phi) is 5.21. The van der Waals surface area contributed by atoms with Gasteiger partial charge < -0.3 is 15.6 Å². The summed E-state index contributed by atoms with van der Waals surface area (Å²) in [6.45, 7) is 5.89. The lowest BCUT2D eigenvalue weighted by molar-refractivity contribution is 0.707. The second-order valence-electron chi connectivity index (χ2n) is 4.87. The molecular weight excluding hydrogens is 274 g/mol. The number of hydrogen-bond donors (Lipinski definition) is 2. The van der Waals surface area contributed by atoms with E-state index in [9.17, 15) is 5.26 Å². The number of pyridine rings is 1. The van der Waals surface area contributed by atoms with Crippen molar-refractivity contribution < 1.29 is 0 Å². The molecule has 1 aromatic heterocycles. The van der Waals surface area contributed by atoms with Gasteiger partial charge in [0, 0.05) is 19.2 Å². The molecule has 114 valence electrons. The van der Waals surface area contributed by atoms with Crippen LogP contribution in [0, 0.1) is 11.3 Å². The minimum atomic E-state index is 0.518. The highest BCUT2D eigenvalue weighted by atomic mass is 15.1. The maximum Gasteiger partial charge on any atom is 0.149 e. The third kappa shape index (κ3) is 3.29. The number of nitrogens with one attached hydrogen (secondary N) is 1. The fourth-order valence-corrected chi connectivity index (χ4v) is 2.36. The Balaban J connectivity index is 2.58. The molecule has 2 rings (SSSR count). The maximum atomic E-state index is 9.53. The second kappa shape index (κ2) is 7.32. The van der Waals surface area contributed by atoms with Gasteiger partial charge in [-0.1, -0.05) is 30.3 Å². The van der Waals surface area contributed by atoms with Gasteiger partial charge in [0.25, 0.3) is 0 Å². The Hall–Kier alpha value is -2.74. The highest BCUT2D eigenvalue weighted by molar-refractivity contribution is 5.61. The SMILES string of the molecule is CCNc1cc(N)n(CC)/c(=N\Cc2ccccc2)c1C#N. The number of nitriles is 1. The van der Waals surface area contributed by atoms with Gasteiger partial charge in [0.15, 0.2) is 0 Å². The molecule has 0 radical (unpaired) electrons. The third-order valence-electron chi connectivity index (χ3n) is 3.40. The van der Waals surface area contributed by atoms with Crippen LogP contribution in [-0.2, 0) is 13.1 Å². The van der Waals surface area contributed by atoms with Crippen molar-refractivity contribution in [2.45, 2.75) is 26.9 Å². The second-order valence-corrected chi connectivity index (χ2v) is 4.87. The molecule has 0 aliphatic carbocycles. The van der Waals surface area contributed by atoms with Crippen LogP contribution in [0.3, 0.4) is 0 Å². The lowest BCUT2D eigenvalue weighted by Crippen LogP contribution is -2.27. The minimum Gasteiger partial charge on any atom is -0.385 e. The molecule has 0 aliphatic heterocycles. The van der Waals surface area contributed by atoms with E-state index in [0.29, 0.717) is 30.0 Å². The fourth-order valence-electron chi connectivity index (χ4n) is 2.36. The molecular formula is C17H21N5. The molecule has 1 aromatic carbocycles. The van der Waals surface area contributed by atoms with E-state index >= 15 is 0 Å². The molecule has 0 spiro atoms. The van der Waals surface area contributed by atoms with Gasteiger partial charge in [0.05, 0.1) is 12.2 Å². The first-order valence-electron chi connectivity index (χ1n) is 7.42. The third-order valence-corrected chi connectivity index (χ3v) is 3.40. The molecule has 0 saturated carbocycles. The van der Waals surface area contributed by atoms with Gasteiger partial charge in [-0.2, -0.15) is 5.26 Å². The lowest BCUT2D eigenvalue weighted by Gasteiger charge is -2.14. The number of nitrogens with zero attached hydrogens (tertiary/aromatic N) is 3. The average molecular weight is 295 g/mol. The van der Waals surface area contributed by atoms with Crippen LogP contribution in [-0.4, -0.2) is 11.1 Å². The van der Waals surface area contributed by atoms with E-state index in [-0.39, 0.29) is 0 Å². The van der Waals surface area contributed by atoms with Crippen LogP contribution in [0.5, 0.6) is 0 Å². The standard InChI is InChI=1S/C17H21N5/c1-3-20-15-10-16(19)22(4-2)17(14(15)11-18)21-12-13-8-6-5-7-9-13/h5-10,20H,3-4,12,19H2,1-2H3/b21-17-. The van der Waals surface area contributed by atoms with E-state index in [0.717, 1.165) is 17.8 Å². The van der Waals surface area contributed by atoms with Crippen molar-refractivity contribution in [3.05, 3.63) is 53.0 Å². The molecule has 0 unspecified atom stereocenters. The van der Waals surface area contributed by atoms with Crippen molar-refractivity contribution in [3.8, 4) is 6.07 Å². The molecule has 22 heavy (non-hydrogen) atoms. The summed E-state index contributed by atoms with van der Waals surface area (Å²) in [7, 11) is 0. The van der Waals surface area contributed by atoms with E-state index < -0.39 is 0 Å². The molecule has 0 aliphatic rings. The minimum absolute atomic E-state index is 0.518. The van der Waals surface area contributed by atoms with E-state index in [4.69, 9.17) is 5.73 Å². The fraction of sp³-hybridized carbons (Fsp3) is 0.294. The summed E-state index contributed by atoms with van der Waals surface area (Å²) in [5.74, 6) is 0.601. The number of benzene rings is 1. The lowest BCUT2D eigenvalue weighted by atomic mass is 10.2. The number of rotatable bonds is 5. The summed E-state index contributed by atoms with van der Waals surface area (Å²) in [6, 6.07) is 14.0. The van der Waals surface area contributed by atoms with Gasteiger partial charge in [-0.25, -0.2) is 0 Å². The van der Waals surface area contributed by atoms with Gasteiger partial charge >= 0.3 is 0 Å². The molecule has 0 bridgehead atoms. The van der Waals surface area contributed by atoms with Crippen molar-refractivity contribution in [2.75, 3.05) is 17.6 Å². The Morgan fingerprint density at radius 3 is 2.59 bits per heavy atom. The number of nitrogen functional groups attached to an aromatic ring is 1. The van der Waals surface area contributed by atoms with Gasteiger partial charge in [-0.05, 0) is 19.4 Å². The summed E-state index contributed by atoms with van der Waals surface area (Å²) in [5.41, 5.74) is 9.11. The van der Waals surface area contributed by atoms with Crippen LogP contribution in [0.25, 0.3) is 0 Å². The first-order chi connectivity index (χ1) is 10.7. The zero-order chi connectivity index (χ0) is 15.9. The van der Waals surface area contributed by atoms with E-state index in [1.165, 1.54) is 0 Å². The predicted octanol–water partition coefficient (Wildman–Crippen LogP) is 2.49. The summed E-state index contributed by atoms with van der Waals surface area (Å²) < 4.78 is 1.86. The van der Waals surface area contributed by atoms with E-state index in [1.807, 2.05) is 48.7 Å². The van der Waals surface area contributed by atoms with Gasteiger partial charge in [0.2, 0.25) is 0 Å². The Morgan fingerprint density at radius 1 is 1.27 bits per heavy atom. The Bertz CT molecular complexity index is 738. The zero-order valence-corrected chi connectivity index (χ0v) is 13.0. The van der Waals surface area contributed by atoms with Crippen LogP contribution < -0.4 is 16.5 Å². The first-order valence-corrected chi connectivity index (χ1v) is 7.42. The van der Waals surface area contributed by atoms with Crippen LogP contribution in [0.15, 0.2) is 41.4 Å². The monoisotopic (exact) mass is 295 g/mol. The Morgan fingerprint density at radius 2 is 2.00 bits per heavy atom. The number of hydrogen-bond acceptors (Lipinski definition) is 4. The molecule has 3 N–H and O–H groups in total. The first kappa shape index (κ1) is 15.6. The molecule has 0 amide bonds. The number of aromatic nitrogens is 1. The maximum absolute atomic E-state index is 9.53. The molecule has 2 aromatic rings. The highest BCUT2D eigenvalue weighted by Gasteiger charge is 2.10. The summed E-state index contributed by atoms with van der Waals surface area (Å²) in [4.78, 5) is 4.64. The summed E-state index contributed by atoms with van der Waals surface area (Å²) in [5, 5.41) is 12.7. The number of anilines is 2. The molecule has 0 saturated heterocycles. The van der Waals surface area contributed by atoms with Crippen LogP contribution in [0.2, 0.25) is 0 Å². The van der Waals surface area contributed by atoms with Crippen molar-refractivity contribution in [1.29, 1.82) is 5.26 Å². The van der Waals surface area contributed by atoms with Gasteiger partial charge in [0.1, 0.15) is 22.9 Å². The quantitative estimate of drug-likeness (QED) is 0.889. The summed E-state index contributed by atoms with van der Waals surface area (Å²) in [6.07, 6.45) is 0. The normalized spacial score (nSPS) is 11.2. The van der Waals surface area contributed by atoms with E-state index in [2.05, 4.69) is 16.4 Å².